The SMILES string of the molecule is COC(=O)/C=C/c1cccc(C2OCCO2)c1. The Kier molecular flexibility index (Phi) is 3.90. The summed E-state index contributed by atoms with van der Waals surface area (Å²) in [5.41, 5.74) is 1.86. The fourth-order valence-electron chi connectivity index (χ4n) is 1.59. The minimum atomic E-state index is -0.372. The molecule has 0 radical (unpaired) electrons. The second-order valence-corrected chi connectivity index (χ2v) is 3.60. The predicted octanol–water partition coefficient (Wildman–Crippen LogP) is 1.92. The first kappa shape index (κ1) is 11.8. The van der Waals surface area contributed by atoms with E-state index in [9.17, 15) is 4.79 Å². The molecule has 4 nitrogen and oxygen atoms in total. The van der Waals surface area contributed by atoms with Crippen LogP contribution in [0.1, 0.15) is 17.4 Å². The fourth-order valence-corrected chi connectivity index (χ4v) is 1.59. The Morgan fingerprint density at radius 1 is 1.41 bits per heavy atom. The van der Waals surface area contributed by atoms with E-state index in [-0.39, 0.29) is 12.3 Å². The zero-order chi connectivity index (χ0) is 12.1. The molecular formula is C13H14O4. The van der Waals surface area contributed by atoms with Crippen molar-refractivity contribution >= 4 is 12.0 Å². The van der Waals surface area contributed by atoms with Crippen LogP contribution in [0.15, 0.2) is 30.3 Å². The van der Waals surface area contributed by atoms with Crippen LogP contribution in [0.2, 0.25) is 0 Å². The van der Waals surface area contributed by atoms with Crippen LogP contribution in [0.5, 0.6) is 0 Å². The molecule has 1 saturated heterocycles. The van der Waals surface area contributed by atoms with E-state index in [1.807, 2.05) is 24.3 Å². The van der Waals surface area contributed by atoms with Gasteiger partial charge in [0.05, 0.1) is 20.3 Å². The maximum atomic E-state index is 11.0. The molecule has 2 rings (SSSR count). The maximum absolute atomic E-state index is 11.0. The summed E-state index contributed by atoms with van der Waals surface area (Å²) in [5, 5.41) is 0. The monoisotopic (exact) mass is 234 g/mol. The van der Waals surface area contributed by atoms with Crippen LogP contribution in [0, 0.1) is 0 Å². The summed E-state index contributed by atoms with van der Waals surface area (Å²) in [6.07, 6.45) is 2.79. The van der Waals surface area contributed by atoms with Crippen molar-refractivity contribution in [2.24, 2.45) is 0 Å². The van der Waals surface area contributed by atoms with Gasteiger partial charge in [-0.15, -0.1) is 0 Å². The topological polar surface area (TPSA) is 44.8 Å². The number of methoxy groups -OCH3 is 1. The fraction of sp³-hybridized carbons (Fsp3) is 0.308. The van der Waals surface area contributed by atoms with Gasteiger partial charge >= 0.3 is 5.97 Å². The first-order chi connectivity index (χ1) is 8.29. The summed E-state index contributed by atoms with van der Waals surface area (Å²) in [4.78, 5) is 11.0. The predicted molar refractivity (Wildman–Crippen MR) is 62.1 cm³/mol. The lowest BCUT2D eigenvalue weighted by molar-refractivity contribution is -0.134. The standard InChI is InChI=1S/C13H14O4/c1-15-12(14)6-5-10-3-2-4-11(9-10)13-16-7-8-17-13/h2-6,9,13H,7-8H2,1H3/b6-5+. The highest BCUT2D eigenvalue weighted by molar-refractivity contribution is 5.86. The van der Waals surface area contributed by atoms with Gasteiger partial charge in [-0.3, -0.25) is 0 Å². The van der Waals surface area contributed by atoms with Crippen LogP contribution in [0.3, 0.4) is 0 Å². The molecule has 0 spiro atoms. The van der Waals surface area contributed by atoms with Crippen LogP contribution in [-0.2, 0) is 19.0 Å². The minimum absolute atomic E-state index is 0.290. The molecular weight excluding hydrogens is 220 g/mol. The van der Waals surface area contributed by atoms with Crippen molar-refractivity contribution in [1.82, 2.24) is 0 Å². The van der Waals surface area contributed by atoms with Gasteiger partial charge in [0.2, 0.25) is 0 Å². The average molecular weight is 234 g/mol. The first-order valence-corrected chi connectivity index (χ1v) is 5.39. The third-order valence-electron chi connectivity index (χ3n) is 2.42. The lowest BCUT2D eigenvalue weighted by atomic mass is 10.1. The van der Waals surface area contributed by atoms with Crippen molar-refractivity contribution in [1.29, 1.82) is 0 Å². The Balaban J connectivity index is 2.11. The van der Waals surface area contributed by atoms with Crippen LogP contribution >= 0.6 is 0 Å². The van der Waals surface area contributed by atoms with Crippen molar-refractivity contribution in [3.8, 4) is 0 Å². The zero-order valence-corrected chi connectivity index (χ0v) is 9.59. The smallest absolute Gasteiger partial charge is 0.330 e. The average Bonchev–Trinajstić information content (AvgIpc) is 2.90. The van der Waals surface area contributed by atoms with Gasteiger partial charge in [0, 0.05) is 11.6 Å². The third-order valence-corrected chi connectivity index (χ3v) is 2.42. The highest BCUT2D eigenvalue weighted by Gasteiger charge is 2.17. The normalized spacial score (nSPS) is 16.5. The van der Waals surface area contributed by atoms with Gasteiger partial charge in [-0.25, -0.2) is 4.79 Å². The van der Waals surface area contributed by atoms with Gasteiger partial charge in [-0.1, -0.05) is 18.2 Å². The molecule has 1 aromatic carbocycles. The second kappa shape index (κ2) is 5.61. The largest absolute Gasteiger partial charge is 0.466 e. The Labute approximate surface area is 99.8 Å². The molecule has 0 amide bonds. The Bertz CT molecular complexity index is 419. The highest BCUT2D eigenvalue weighted by atomic mass is 16.7. The number of carbonyl (C=O) groups excluding carboxylic acids is 1. The zero-order valence-electron chi connectivity index (χ0n) is 9.59. The van der Waals surface area contributed by atoms with Crippen LogP contribution in [-0.4, -0.2) is 26.3 Å². The lowest BCUT2D eigenvalue weighted by Gasteiger charge is -2.09. The lowest BCUT2D eigenvalue weighted by Crippen LogP contribution is -1.98. The molecule has 0 unspecified atom stereocenters. The molecule has 0 bridgehead atoms. The molecule has 1 aromatic rings. The van der Waals surface area contributed by atoms with Crippen LogP contribution in [0.25, 0.3) is 6.08 Å². The van der Waals surface area contributed by atoms with Crippen LogP contribution in [0.4, 0.5) is 0 Å². The number of esters is 1. The van der Waals surface area contributed by atoms with Crippen molar-refractivity contribution in [2.75, 3.05) is 20.3 Å². The molecule has 0 saturated carbocycles. The molecule has 0 aromatic heterocycles. The minimum Gasteiger partial charge on any atom is -0.466 e. The van der Waals surface area contributed by atoms with Crippen molar-refractivity contribution in [3.05, 3.63) is 41.5 Å². The molecule has 0 aliphatic carbocycles. The Morgan fingerprint density at radius 2 is 2.18 bits per heavy atom. The molecule has 1 aliphatic heterocycles. The van der Waals surface area contributed by atoms with Crippen LogP contribution < -0.4 is 0 Å². The molecule has 90 valence electrons. The van der Waals surface area contributed by atoms with Gasteiger partial charge in [-0.2, -0.15) is 0 Å². The number of benzene rings is 1. The van der Waals surface area contributed by atoms with Crippen molar-refractivity contribution in [3.63, 3.8) is 0 Å². The summed E-state index contributed by atoms with van der Waals surface area (Å²) in [6, 6.07) is 7.66. The number of carbonyl (C=O) groups is 1. The Hall–Kier alpha value is -1.65. The molecule has 0 N–H and O–H groups in total. The summed E-state index contributed by atoms with van der Waals surface area (Å²) >= 11 is 0. The number of rotatable bonds is 3. The van der Waals surface area contributed by atoms with E-state index < -0.39 is 0 Å². The van der Waals surface area contributed by atoms with E-state index in [1.54, 1.807) is 6.08 Å². The van der Waals surface area contributed by atoms with Gasteiger partial charge in [0.25, 0.3) is 0 Å². The van der Waals surface area contributed by atoms with Crippen molar-refractivity contribution in [2.45, 2.75) is 6.29 Å². The van der Waals surface area contributed by atoms with E-state index >= 15 is 0 Å². The molecule has 1 heterocycles. The first-order valence-electron chi connectivity index (χ1n) is 5.39. The van der Waals surface area contributed by atoms with E-state index in [2.05, 4.69) is 4.74 Å². The number of hydrogen-bond acceptors (Lipinski definition) is 4. The van der Waals surface area contributed by atoms with E-state index in [0.29, 0.717) is 13.2 Å². The van der Waals surface area contributed by atoms with E-state index in [1.165, 1.54) is 13.2 Å². The maximum Gasteiger partial charge on any atom is 0.330 e. The third kappa shape index (κ3) is 3.15. The van der Waals surface area contributed by atoms with E-state index in [0.717, 1.165) is 11.1 Å². The summed E-state index contributed by atoms with van der Waals surface area (Å²) in [5.74, 6) is -0.372. The van der Waals surface area contributed by atoms with Gasteiger partial charge in [0.15, 0.2) is 6.29 Å². The number of hydrogen-bond donors (Lipinski definition) is 0. The second-order valence-electron chi connectivity index (χ2n) is 3.60. The summed E-state index contributed by atoms with van der Waals surface area (Å²) in [6.45, 7) is 1.24. The molecule has 1 fully saturated rings. The van der Waals surface area contributed by atoms with E-state index in [4.69, 9.17) is 9.47 Å². The van der Waals surface area contributed by atoms with Crippen molar-refractivity contribution < 1.29 is 19.0 Å². The molecule has 17 heavy (non-hydrogen) atoms. The van der Waals surface area contributed by atoms with Gasteiger partial charge in [0.1, 0.15) is 0 Å². The summed E-state index contributed by atoms with van der Waals surface area (Å²) < 4.78 is 15.3. The number of ether oxygens (including phenoxy) is 3. The summed E-state index contributed by atoms with van der Waals surface area (Å²) in [7, 11) is 1.35. The molecule has 4 heteroatoms. The highest BCUT2D eigenvalue weighted by Crippen LogP contribution is 2.24. The molecule has 1 aliphatic rings. The Morgan fingerprint density at radius 3 is 2.88 bits per heavy atom. The molecule has 0 atom stereocenters. The van der Waals surface area contributed by atoms with Gasteiger partial charge in [-0.05, 0) is 17.7 Å². The quantitative estimate of drug-likeness (QED) is 0.592. The van der Waals surface area contributed by atoms with Gasteiger partial charge < -0.3 is 14.2 Å².